The van der Waals surface area contributed by atoms with Crippen molar-refractivity contribution in [2.75, 3.05) is 38.0 Å². The van der Waals surface area contributed by atoms with Crippen LogP contribution < -0.4 is 10.6 Å². The molecule has 1 fully saturated rings. The van der Waals surface area contributed by atoms with Crippen molar-refractivity contribution in [3.63, 3.8) is 0 Å². The zero-order valence-electron chi connectivity index (χ0n) is 14.7. The molecule has 5 heteroatoms. The van der Waals surface area contributed by atoms with E-state index >= 15 is 0 Å². The number of aromatic nitrogens is 1. The monoisotopic (exact) mass is 318 g/mol. The summed E-state index contributed by atoms with van der Waals surface area (Å²) in [6.07, 6.45) is 3.33. The quantitative estimate of drug-likeness (QED) is 0.894. The Balaban J connectivity index is 1.88. The van der Waals surface area contributed by atoms with Crippen LogP contribution in [-0.2, 0) is 11.2 Å². The van der Waals surface area contributed by atoms with Crippen LogP contribution >= 0.6 is 0 Å². The first-order valence-electron chi connectivity index (χ1n) is 8.65. The Kier molecular flexibility index (Phi) is 6.54. The van der Waals surface area contributed by atoms with Gasteiger partial charge in [0.2, 0.25) is 5.91 Å². The summed E-state index contributed by atoms with van der Waals surface area (Å²) in [6, 6.07) is 5.87. The van der Waals surface area contributed by atoms with Crippen LogP contribution in [0.2, 0.25) is 0 Å². The summed E-state index contributed by atoms with van der Waals surface area (Å²) >= 11 is 0. The molecule has 23 heavy (non-hydrogen) atoms. The van der Waals surface area contributed by atoms with Crippen LogP contribution in [0.3, 0.4) is 0 Å². The molecule has 0 aromatic carbocycles. The van der Waals surface area contributed by atoms with E-state index in [1.54, 1.807) is 0 Å². The van der Waals surface area contributed by atoms with Crippen LogP contribution in [0, 0.1) is 5.41 Å². The zero-order chi connectivity index (χ0) is 16.7. The molecule has 0 unspecified atom stereocenters. The van der Waals surface area contributed by atoms with E-state index in [-0.39, 0.29) is 5.91 Å². The van der Waals surface area contributed by atoms with Crippen LogP contribution in [-0.4, -0.2) is 48.5 Å². The van der Waals surface area contributed by atoms with Crippen molar-refractivity contribution in [2.45, 2.75) is 40.0 Å². The number of nitrogens with one attached hydrogen (secondary N) is 2. The fourth-order valence-corrected chi connectivity index (χ4v) is 2.58. The molecular weight excluding hydrogens is 288 g/mol. The van der Waals surface area contributed by atoms with E-state index in [1.807, 2.05) is 39.0 Å². The number of carbonyl (C=O) groups is 1. The van der Waals surface area contributed by atoms with Gasteiger partial charge in [0.05, 0.1) is 0 Å². The maximum absolute atomic E-state index is 12.1. The molecule has 1 saturated heterocycles. The summed E-state index contributed by atoms with van der Waals surface area (Å²) in [6.45, 7) is 11.3. The number of nitrogens with zero attached hydrogens (tertiary/aromatic N) is 2. The minimum absolute atomic E-state index is 0.00146. The molecule has 1 amide bonds. The van der Waals surface area contributed by atoms with E-state index in [1.165, 1.54) is 12.8 Å². The summed E-state index contributed by atoms with van der Waals surface area (Å²) in [5.41, 5.74) is 0.632. The average molecular weight is 318 g/mol. The standard InChI is InChI=1S/C18H30N4O/c1-18(2,3)17(23)21-16-8-4-7-15(20-16)9-14-22-12-5-10-19-11-6-13-22/h4,7-8,19H,5-6,9-14H2,1-3H3,(H,20,21,23). The lowest BCUT2D eigenvalue weighted by atomic mass is 9.96. The molecule has 1 aliphatic rings. The number of rotatable bonds is 4. The van der Waals surface area contributed by atoms with Crippen molar-refractivity contribution < 1.29 is 4.79 Å². The van der Waals surface area contributed by atoms with Crippen molar-refractivity contribution in [3.05, 3.63) is 23.9 Å². The molecular formula is C18H30N4O. The van der Waals surface area contributed by atoms with E-state index < -0.39 is 5.41 Å². The second-order valence-electron chi connectivity index (χ2n) is 7.27. The second-order valence-corrected chi connectivity index (χ2v) is 7.27. The normalized spacial score (nSPS) is 17.3. The highest BCUT2D eigenvalue weighted by Crippen LogP contribution is 2.16. The summed E-state index contributed by atoms with van der Waals surface area (Å²) < 4.78 is 0. The van der Waals surface area contributed by atoms with Gasteiger partial charge >= 0.3 is 0 Å². The molecule has 0 saturated carbocycles. The van der Waals surface area contributed by atoms with Crippen LogP contribution in [0.5, 0.6) is 0 Å². The zero-order valence-corrected chi connectivity index (χ0v) is 14.7. The fraction of sp³-hybridized carbons (Fsp3) is 0.667. The van der Waals surface area contributed by atoms with E-state index in [9.17, 15) is 4.79 Å². The second kappa shape index (κ2) is 8.41. The van der Waals surface area contributed by atoms with E-state index in [0.717, 1.165) is 44.8 Å². The summed E-state index contributed by atoms with van der Waals surface area (Å²) in [5.74, 6) is 0.651. The summed E-state index contributed by atoms with van der Waals surface area (Å²) in [5, 5.41) is 6.35. The average Bonchev–Trinajstić information content (AvgIpc) is 2.45. The van der Waals surface area contributed by atoms with Crippen molar-refractivity contribution in [3.8, 4) is 0 Å². The van der Waals surface area contributed by atoms with Gasteiger partial charge in [-0.1, -0.05) is 26.8 Å². The van der Waals surface area contributed by atoms with E-state index in [4.69, 9.17) is 0 Å². The van der Waals surface area contributed by atoms with Gasteiger partial charge in [-0.2, -0.15) is 0 Å². The summed E-state index contributed by atoms with van der Waals surface area (Å²) in [4.78, 5) is 19.2. The van der Waals surface area contributed by atoms with Crippen molar-refractivity contribution in [1.82, 2.24) is 15.2 Å². The fourth-order valence-electron chi connectivity index (χ4n) is 2.58. The molecule has 1 aromatic heterocycles. The number of pyridine rings is 1. The third kappa shape index (κ3) is 6.28. The molecule has 0 bridgehead atoms. The van der Waals surface area contributed by atoms with Gasteiger partial charge in [-0.25, -0.2) is 4.98 Å². The first-order valence-corrected chi connectivity index (χ1v) is 8.65. The first kappa shape index (κ1) is 17.9. The highest BCUT2D eigenvalue weighted by molar-refractivity contribution is 5.93. The third-order valence-corrected chi connectivity index (χ3v) is 4.07. The Bertz CT molecular complexity index is 502. The first-order chi connectivity index (χ1) is 10.9. The molecule has 0 atom stereocenters. The number of carbonyl (C=O) groups excluding carboxylic acids is 1. The lowest BCUT2D eigenvalue weighted by Gasteiger charge is -2.24. The topological polar surface area (TPSA) is 57.3 Å². The largest absolute Gasteiger partial charge is 0.317 e. The van der Waals surface area contributed by atoms with E-state index in [2.05, 4.69) is 20.5 Å². The van der Waals surface area contributed by atoms with Gasteiger partial charge in [-0.3, -0.25) is 4.79 Å². The molecule has 0 radical (unpaired) electrons. The summed E-state index contributed by atoms with van der Waals surface area (Å²) in [7, 11) is 0. The maximum atomic E-state index is 12.1. The molecule has 0 spiro atoms. The minimum atomic E-state index is -0.406. The molecule has 2 N–H and O–H groups in total. The molecule has 1 aliphatic heterocycles. The predicted molar refractivity (Wildman–Crippen MR) is 94.6 cm³/mol. The Hall–Kier alpha value is -1.46. The highest BCUT2D eigenvalue weighted by atomic mass is 16.2. The number of hydrogen-bond acceptors (Lipinski definition) is 4. The molecule has 0 aliphatic carbocycles. The Morgan fingerprint density at radius 2 is 1.96 bits per heavy atom. The van der Waals surface area contributed by atoms with Crippen LogP contribution in [0.1, 0.15) is 39.3 Å². The lowest BCUT2D eigenvalue weighted by Crippen LogP contribution is -2.35. The molecule has 1 aromatic rings. The molecule has 2 heterocycles. The number of anilines is 1. The van der Waals surface area contributed by atoms with Gasteiger partial charge in [-0.05, 0) is 51.2 Å². The van der Waals surface area contributed by atoms with Gasteiger partial charge < -0.3 is 15.5 Å². The third-order valence-electron chi connectivity index (χ3n) is 4.07. The number of amides is 1. The maximum Gasteiger partial charge on any atom is 0.230 e. The minimum Gasteiger partial charge on any atom is -0.317 e. The smallest absolute Gasteiger partial charge is 0.230 e. The van der Waals surface area contributed by atoms with Gasteiger partial charge in [0, 0.05) is 24.1 Å². The van der Waals surface area contributed by atoms with Gasteiger partial charge in [0.25, 0.3) is 0 Å². The highest BCUT2D eigenvalue weighted by Gasteiger charge is 2.21. The van der Waals surface area contributed by atoms with Crippen molar-refractivity contribution in [2.24, 2.45) is 5.41 Å². The molecule has 2 rings (SSSR count). The predicted octanol–water partition coefficient (Wildman–Crippen LogP) is 2.29. The van der Waals surface area contributed by atoms with E-state index in [0.29, 0.717) is 5.82 Å². The van der Waals surface area contributed by atoms with Gasteiger partial charge in [-0.15, -0.1) is 0 Å². The van der Waals surface area contributed by atoms with Crippen LogP contribution in [0.15, 0.2) is 18.2 Å². The lowest BCUT2D eigenvalue weighted by molar-refractivity contribution is -0.123. The Morgan fingerprint density at radius 3 is 2.61 bits per heavy atom. The molecule has 128 valence electrons. The Labute approximate surface area is 139 Å². The van der Waals surface area contributed by atoms with Gasteiger partial charge in [0.1, 0.15) is 5.82 Å². The number of hydrogen-bond donors (Lipinski definition) is 2. The Morgan fingerprint density at radius 1 is 1.26 bits per heavy atom. The van der Waals surface area contributed by atoms with Crippen LogP contribution in [0.25, 0.3) is 0 Å². The van der Waals surface area contributed by atoms with Crippen molar-refractivity contribution in [1.29, 1.82) is 0 Å². The van der Waals surface area contributed by atoms with Crippen molar-refractivity contribution >= 4 is 11.7 Å². The van der Waals surface area contributed by atoms with Gasteiger partial charge in [0.15, 0.2) is 0 Å². The molecule has 5 nitrogen and oxygen atoms in total. The van der Waals surface area contributed by atoms with Crippen LogP contribution in [0.4, 0.5) is 5.82 Å². The SMILES string of the molecule is CC(C)(C)C(=O)Nc1cccc(CCN2CCCNCCC2)n1.